The van der Waals surface area contributed by atoms with Crippen LogP contribution >= 0.6 is 0 Å². The van der Waals surface area contributed by atoms with E-state index in [-0.39, 0.29) is 23.8 Å². The molecular weight excluding hydrogens is 353 g/mol. The van der Waals surface area contributed by atoms with Crippen LogP contribution in [-0.4, -0.2) is 43.0 Å². The Kier molecular flexibility index (Phi) is 5.62. The largest absolute Gasteiger partial charge is 0.369 e. The highest BCUT2D eigenvalue weighted by Gasteiger charge is 2.28. The normalized spacial score (nSPS) is 21.1. The van der Waals surface area contributed by atoms with Crippen molar-refractivity contribution in [3.8, 4) is 0 Å². The maximum Gasteiger partial charge on any atom is 0.237 e. The third-order valence-electron chi connectivity index (χ3n) is 6.12. The van der Waals surface area contributed by atoms with Crippen molar-refractivity contribution in [2.24, 2.45) is 0 Å². The zero-order valence-electron chi connectivity index (χ0n) is 16.4. The summed E-state index contributed by atoms with van der Waals surface area (Å²) in [6.07, 6.45) is 3.23. The van der Waals surface area contributed by atoms with Crippen LogP contribution in [0.2, 0.25) is 0 Å². The second kappa shape index (κ2) is 8.31. The van der Waals surface area contributed by atoms with E-state index in [9.17, 15) is 9.18 Å². The molecule has 5 heteroatoms. The van der Waals surface area contributed by atoms with Crippen molar-refractivity contribution in [3.63, 3.8) is 0 Å². The van der Waals surface area contributed by atoms with Gasteiger partial charge in [0.25, 0.3) is 0 Å². The van der Waals surface area contributed by atoms with E-state index in [4.69, 9.17) is 0 Å². The number of piperazine rings is 1. The van der Waals surface area contributed by atoms with Gasteiger partial charge < -0.3 is 10.2 Å². The summed E-state index contributed by atoms with van der Waals surface area (Å²) in [5, 5.41) is 3.29. The van der Waals surface area contributed by atoms with Gasteiger partial charge in [0.15, 0.2) is 0 Å². The van der Waals surface area contributed by atoms with E-state index in [1.165, 1.54) is 23.3 Å². The van der Waals surface area contributed by atoms with Gasteiger partial charge in [-0.15, -0.1) is 0 Å². The smallest absolute Gasteiger partial charge is 0.237 e. The molecule has 0 unspecified atom stereocenters. The summed E-state index contributed by atoms with van der Waals surface area (Å²) in [5.41, 5.74) is 3.67. The molecule has 0 spiro atoms. The van der Waals surface area contributed by atoms with E-state index >= 15 is 0 Å². The van der Waals surface area contributed by atoms with Gasteiger partial charge in [-0.25, -0.2) is 4.39 Å². The van der Waals surface area contributed by atoms with E-state index < -0.39 is 0 Å². The van der Waals surface area contributed by atoms with Gasteiger partial charge in [-0.05, 0) is 61.6 Å². The molecule has 2 aromatic rings. The lowest BCUT2D eigenvalue weighted by Gasteiger charge is -2.39. The summed E-state index contributed by atoms with van der Waals surface area (Å²) in [6.45, 7) is 5.34. The zero-order chi connectivity index (χ0) is 19.5. The maximum absolute atomic E-state index is 13.1. The molecule has 4 nitrogen and oxygen atoms in total. The minimum Gasteiger partial charge on any atom is -0.369 e. The van der Waals surface area contributed by atoms with Crippen LogP contribution in [0.5, 0.6) is 0 Å². The van der Waals surface area contributed by atoms with Crippen molar-refractivity contribution in [2.45, 2.75) is 38.3 Å². The summed E-state index contributed by atoms with van der Waals surface area (Å²) < 4.78 is 13.1. The van der Waals surface area contributed by atoms with Gasteiger partial charge in [0, 0.05) is 31.9 Å². The summed E-state index contributed by atoms with van der Waals surface area (Å²) in [6, 6.07) is 15.1. The predicted octanol–water partition coefficient (Wildman–Crippen LogP) is 3.53. The molecule has 1 fully saturated rings. The number of hydrogen-bond acceptors (Lipinski definition) is 3. The molecule has 2 aliphatic rings. The first-order chi connectivity index (χ1) is 13.6. The molecule has 1 N–H and O–H groups in total. The Morgan fingerprint density at radius 3 is 2.54 bits per heavy atom. The summed E-state index contributed by atoms with van der Waals surface area (Å²) in [5.74, 6) is -0.103. The second-order valence-electron chi connectivity index (χ2n) is 7.83. The Balaban J connectivity index is 1.33. The Morgan fingerprint density at radius 1 is 1.07 bits per heavy atom. The van der Waals surface area contributed by atoms with Crippen molar-refractivity contribution in [1.82, 2.24) is 10.2 Å². The van der Waals surface area contributed by atoms with Crippen LogP contribution in [0.4, 0.5) is 10.1 Å². The van der Waals surface area contributed by atoms with Gasteiger partial charge in [0.2, 0.25) is 5.91 Å². The number of amides is 1. The molecule has 1 heterocycles. The Labute approximate surface area is 166 Å². The predicted molar refractivity (Wildman–Crippen MR) is 110 cm³/mol. The molecule has 4 rings (SSSR count). The van der Waals surface area contributed by atoms with Gasteiger partial charge in [0.05, 0.1) is 12.1 Å². The van der Waals surface area contributed by atoms with Crippen molar-refractivity contribution in [3.05, 3.63) is 65.5 Å². The molecule has 28 heavy (non-hydrogen) atoms. The minimum atomic E-state index is -0.211. The van der Waals surface area contributed by atoms with Gasteiger partial charge in [0.1, 0.15) is 5.82 Å². The van der Waals surface area contributed by atoms with Crippen LogP contribution in [0, 0.1) is 5.82 Å². The number of carbonyl (C=O) groups is 1. The van der Waals surface area contributed by atoms with Crippen molar-refractivity contribution in [1.29, 1.82) is 0 Å². The molecule has 1 aliphatic carbocycles. The Bertz CT molecular complexity index is 815. The number of carbonyl (C=O) groups excluding carboxylic acids is 1. The Morgan fingerprint density at radius 2 is 1.79 bits per heavy atom. The molecule has 0 radical (unpaired) electrons. The number of nitrogens with one attached hydrogen (secondary N) is 1. The number of anilines is 1. The molecular formula is C23H28FN3O. The highest BCUT2D eigenvalue weighted by molar-refractivity contribution is 5.82. The Hall–Kier alpha value is -2.40. The third-order valence-corrected chi connectivity index (χ3v) is 6.12. The third kappa shape index (κ3) is 4.04. The number of halogens is 1. The van der Waals surface area contributed by atoms with Crippen molar-refractivity contribution >= 4 is 11.6 Å². The highest BCUT2D eigenvalue weighted by atomic mass is 19.1. The van der Waals surface area contributed by atoms with E-state index in [0.717, 1.165) is 51.1 Å². The highest BCUT2D eigenvalue weighted by Crippen LogP contribution is 2.29. The number of fused-ring (bicyclic) bond motifs is 1. The van der Waals surface area contributed by atoms with Crippen LogP contribution < -0.4 is 10.2 Å². The molecule has 0 bridgehead atoms. The van der Waals surface area contributed by atoms with Gasteiger partial charge in [-0.2, -0.15) is 0 Å². The molecule has 1 aliphatic heterocycles. The summed E-state index contributed by atoms with van der Waals surface area (Å²) in [7, 11) is 0. The first-order valence-corrected chi connectivity index (χ1v) is 10.2. The molecule has 1 amide bonds. The van der Waals surface area contributed by atoms with Crippen LogP contribution in [0.1, 0.15) is 36.9 Å². The fraction of sp³-hybridized carbons (Fsp3) is 0.435. The second-order valence-corrected chi connectivity index (χ2v) is 7.83. The molecule has 2 aromatic carbocycles. The van der Waals surface area contributed by atoms with Gasteiger partial charge in [-0.3, -0.25) is 9.69 Å². The molecule has 0 saturated carbocycles. The number of aryl methyl sites for hydroxylation is 1. The SMILES string of the molecule is C[C@@H](C(=O)N[C@H]1CCCc2ccccc21)N1CCN(c2ccc(F)cc2)CC1. The standard InChI is InChI=1S/C23H28FN3O/c1-17(23(28)25-22-8-4-6-18-5-2-3-7-21(18)22)26-13-15-27(16-14-26)20-11-9-19(24)10-12-20/h2-3,5,7,9-12,17,22H,4,6,8,13-16H2,1H3,(H,25,28)/t17-,22-/m0/s1. The van der Waals surface area contributed by atoms with Gasteiger partial charge >= 0.3 is 0 Å². The van der Waals surface area contributed by atoms with E-state index in [1.807, 2.05) is 19.1 Å². The lowest BCUT2D eigenvalue weighted by atomic mass is 9.87. The first kappa shape index (κ1) is 18.9. The zero-order valence-corrected chi connectivity index (χ0v) is 16.4. The lowest BCUT2D eigenvalue weighted by Crippen LogP contribution is -2.54. The maximum atomic E-state index is 13.1. The fourth-order valence-corrected chi connectivity index (χ4v) is 4.38. The number of benzene rings is 2. The molecule has 2 atom stereocenters. The van der Waals surface area contributed by atoms with Gasteiger partial charge in [-0.1, -0.05) is 24.3 Å². The molecule has 1 saturated heterocycles. The summed E-state index contributed by atoms with van der Waals surface area (Å²) >= 11 is 0. The van der Waals surface area contributed by atoms with Crippen molar-refractivity contribution < 1.29 is 9.18 Å². The lowest BCUT2D eigenvalue weighted by molar-refractivity contribution is -0.126. The average molecular weight is 381 g/mol. The van der Waals surface area contributed by atoms with E-state index in [1.54, 1.807) is 0 Å². The quantitative estimate of drug-likeness (QED) is 0.880. The van der Waals surface area contributed by atoms with Crippen LogP contribution in [0.3, 0.4) is 0 Å². The average Bonchev–Trinajstić information content (AvgIpc) is 2.74. The first-order valence-electron chi connectivity index (χ1n) is 10.2. The number of rotatable bonds is 4. The summed E-state index contributed by atoms with van der Waals surface area (Å²) in [4.78, 5) is 17.4. The molecule has 148 valence electrons. The van der Waals surface area contributed by atoms with Crippen LogP contribution in [-0.2, 0) is 11.2 Å². The fourth-order valence-electron chi connectivity index (χ4n) is 4.38. The van der Waals surface area contributed by atoms with Crippen LogP contribution in [0.25, 0.3) is 0 Å². The minimum absolute atomic E-state index is 0.108. The monoisotopic (exact) mass is 381 g/mol. The molecule has 0 aromatic heterocycles. The van der Waals surface area contributed by atoms with E-state index in [0.29, 0.717) is 0 Å². The van der Waals surface area contributed by atoms with Crippen molar-refractivity contribution in [2.75, 3.05) is 31.1 Å². The number of hydrogen-bond donors (Lipinski definition) is 1. The topological polar surface area (TPSA) is 35.6 Å². The van der Waals surface area contributed by atoms with E-state index in [2.05, 4.69) is 39.4 Å². The number of nitrogens with zero attached hydrogens (tertiary/aromatic N) is 2. The van der Waals surface area contributed by atoms with Crippen LogP contribution in [0.15, 0.2) is 48.5 Å².